The minimum absolute atomic E-state index is 0.0221. The monoisotopic (exact) mass is 488 g/mol. The van der Waals surface area contributed by atoms with Crippen LogP contribution in [-0.4, -0.2) is 20.8 Å². The maximum absolute atomic E-state index is 10.7. The second-order valence-corrected chi connectivity index (χ2v) is 8.72. The van der Waals surface area contributed by atoms with Crippen molar-refractivity contribution < 1.29 is 30.7 Å². The molecule has 0 unspecified atom stereocenters. The number of isocyanates is 1. The van der Waals surface area contributed by atoms with Crippen molar-refractivity contribution in [1.82, 2.24) is 9.78 Å². The second kappa shape index (κ2) is 8.71. The predicted molar refractivity (Wildman–Crippen MR) is 106 cm³/mol. The summed E-state index contributed by atoms with van der Waals surface area (Å²) in [5, 5.41) is 4.71. The van der Waals surface area contributed by atoms with Crippen molar-refractivity contribution in [1.29, 1.82) is 0 Å². The van der Waals surface area contributed by atoms with Gasteiger partial charge in [0.05, 0.1) is 0 Å². The first kappa shape index (κ1) is 20.3. The molecule has 0 saturated heterocycles. The number of aryl methyl sites for hydroxylation is 3. The molecule has 5 nitrogen and oxygen atoms in total. The number of nitrogens with zero attached hydrogens (tertiary/aromatic N) is 3. The van der Waals surface area contributed by atoms with Crippen LogP contribution >= 0.6 is 0 Å². The van der Waals surface area contributed by atoms with Crippen LogP contribution in [0.25, 0.3) is 11.3 Å². The Balaban J connectivity index is 1.86. The van der Waals surface area contributed by atoms with Gasteiger partial charge in [0.15, 0.2) is 0 Å². The number of ether oxygens (including phenoxy) is 1. The number of halogens is 1. The number of carbonyl (C=O) groups excluding carboxylic acids is 1. The number of rotatable bonds is 6. The molecular weight excluding hydrogens is 465 g/mol. The fourth-order valence-corrected chi connectivity index (χ4v) is 5.16. The molecule has 0 spiro atoms. The zero-order chi connectivity index (χ0) is 20.3. The summed E-state index contributed by atoms with van der Waals surface area (Å²) >= 11 is -0.0221. The van der Waals surface area contributed by atoms with Crippen molar-refractivity contribution in [2.24, 2.45) is 12.0 Å². The van der Waals surface area contributed by atoms with Gasteiger partial charge in [-0.3, -0.25) is 0 Å². The molecular formula is C22H23IN3O2-. The number of aromatic nitrogens is 2. The van der Waals surface area contributed by atoms with Crippen LogP contribution in [0.3, 0.4) is 0 Å². The Morgan fingerprint density at radius 3 is 2.61 bits per heavy atom. The summed E-state index contributed by atoms with van der Waals surface area (Å²) in [5.41, 5.74) is 6.98. The maximum atomic E-state index is 10.7. The van der Waals surface area contributed by atoms with Crippen molar-refractivity contribution in [3.05, 3.63) is 62.4 Å². The molecule has 6 heteroatoms. The van der Waals surface area contributed by atoms with Gasteiger partial charge in [-0.25, -0.2) is 4.79 Å². The molecule has 0 bridgehead atoms. The predicted octanol–water partition coefficient (Wildman–Crippen LogP) is 1.45. The van der Waals surface area contributed by atoms with E-state index in [9.17, 15) is 4.79 Å². The van der Waals surface area contributed by atoms with Gasteiger partial charge >= 0.3 is 159 Å². The molecule has 0 aliphatic rings. The zero-order valence-corrected chi connectivity index (χ0v) is 18.9. The quantitative estimate of drug-likeness (QED) is 0.229. The molecule has 1 heterocycles. The van der Waals surface area contributed by atoms with Gasteiger partial charge in [0.25, 0.3) is 0 Å². The molecule has 0 atom stereocenters. The topological polar surface area (TPSA) is 56.5 Å². The molecule has 146 valence electrons. The van der Waals surface area contributed by atoms with Gasteiger partial charge in [-0.2, -0.15) is 0 Å². The fraction of sp³-hybridized carbons (Fsp3) is 0.273. The van der Waals surface area contributed by atoms with E-state index in [1.807, 2.05) is 43.8 Å². The number of hydrogen-bond acceptors (Lipinski definition) is 4. The molecule has 3 rings (SSSR count). The van der Waals surface area contributed by atoms with Crippen LogP contribution in [0.15, 0.2) is 41.4 Å². The van der Waals surface area contributed by atoms with Crippen LogP contribution < -0.4 is 25.9 Å². The Kier molecular flexibility index (Phi) is 6.31. The third-order valence-electron chi connectivity index (χ3n) is 4.75. The first-order chi connectivity index (χ1) is 13.5. The van der Waals surface area contributed by atoms with Crippen molar-refractivity contribution in [2.45, 2.75) is 27.4 Å². The van der Waals surface area contributed by atoms with E-state index in [0.29, 0.717) is 12.3 Å². The zero-order valence-electron chi connectivity index (χ0n) is 16.7. The Morgan fingerprint density at radius 1 is 1.18 bits per heavy atom. The molecule has 0 aliphatic carbocycles. The fourth-order valence-electron chi connectivity index (χ4n) is 3.28. The van der Waals surface area contributed by atoms with Gasteiger partial charge in [-0.05, 0) is 0 Å². The van der Waals surface area contributed by atoms with Gasteiger partial charge < -0.3 is 0 Å². The summed E-state index contributed by atoms with van der Waals surface area (Å²) in [4.78, 5) is 16.7. The standard InChI is InChI=1S/C22H23IN3O2/c1-14-7-6-8-19(24-13-27)18(14)12-28-20-10-9-17(11-15(20)2)21-16(3)22(23-4)26(5)25-21/h6-11H,12H2,1-5H3/q-1. The van der Waals surface area contributed by atoms with Gasteiger partial charge in [0.1, 0.15) is 0 Å². The summed E-state index contributed by atoms with van der Waals surface area (Å²) in [5.74, 6) is 0.810. The summed E-state index contributed by atoms with van der Waals surface area (Å²) in [7, 11) is 2.01. The Labute approximate surface area is 175 Å². The van der Waals surface area contributed by atoms with E-state index in [-0.39, 0.29) is 21.2 Å². The molecule has 28 heavy (non-hydrogen) atoms. The van der Waals surface area contributed by atoms with Gasteiger partial charge in [0, 0.05) is 0 Å². The average molecular weight is 488 g/mol. The van der Waals surface area contributed by atoms with Gasteiger partial charge in [0.2, 0.25) is 6.08 Å². The molecule has 0 saturated carbocycles. The van der Waals surface area contributed by atoms with E-state index in [4.69, 9.17) is 9.84 Å². The Morgan fingerprint density at radius 2 is 1.96 bits per heavy atom. The summed E-state index contributed by atoms with van der Waals surface area (Å²) in [6.07, 6.45) is 1.62. The summed E-state index contributed by atoms with van der Waals surface area (Å²) in [6, 6.07) is 11.8. The van der Waals surface area contributed by atoms with E-state index in [1.54, 1.807) is 12.1 Å². The van der Waals surface area contributed by atoms with Crippen LogP contribution in [0.1, 0.15) is 22.3 Å². The normalized spacial score (nSPS) is 10.8. The number of benzene rings is 2. The summed E-state index contributed by atoms with van der Waals surface area (Å²) < 4.78 is 9.41. The van der Waals surface area contributed by atoms with E-state index in [0.717, 1.165) is 33.7 Å². The molecule has 0 N–H and O–H groups in total. The third kappa shape index (κ3) is 4.03. The number of hydrogen-bond donors (Lipinski definition) is 0. The molecule has 0 radical (unpaired) electrons. The van der Waals surface area contributed by atoms with Crippen LogP contribution in [-0.2, 0) is 18.4 Å². The average Bonchev–Trinajstić information content (AvgIpc) is 2.96. The molecule has 0 fully saturated rings. The summed E-state index contributed by atoms with van der Waals surface area (Å²) in [6.45, 7) is 6.51. The molecule has 0 aliphatic heterocycles. The first-order valence-electron chi connectivity index (χ1n) is 8.89. The van der Waals surface area contributed by atoms with E-state index < -0.39 is 0 Å². The van der Waals surface area contributed by atoms with Crippen LogP contribution in [0.4, 0.5) is 5.69 Å². The van der Waals surface area contributed by atoms with Crippen molar-refractivity contribution >= 4 is 11.8 Å². The Hall–Kier alpha value is -2.44. The van der Waals surface area contributed by atoms with E-state index in [2.05, 4.69) is 29.0 Å². The molecule has 3 aromatic rings. The molecule has 2 aromatic carbocycles. The number of aliphatic imine (C=N–C) groups is 1. The second-order valence-electron chi connectivity index (χ2n) is 6.62. The van der Waals surface area contributed by atoms with Crippen molar-refractivity contribution in [2.75, 3.05) is 4.93 Å². The van der Waals surface area contributed by atoms with Gasteiger partial charge in [-0.1, -0.05) is 6.07 Å². The van der Waals surface area contributed by atoms with E-state index >= 15 is 0 Å². The van der Waals surface area contributed by atoms with Gasteiger partial charge in [-0.15, -0.1) is 0 Å². The van der Waals surface area contributed by atoms with Crippen molar-refractivity contribution in [3.63, 3.8) is 0 Å². The van der Waals surface area contributed by atoms with Crippen LogP contribution in [0.2, 0.25) is 0 Å². The minimum atomic E-state index is -0.0221. The Bertz CT molecular complexity index is 1070. The molecule has 1 aromatic heterocycles. The number of alkyl halides is 1. The van der Waals surface area contributed by atoms with Crippen LogP contribution in [0.5, 0.6) is 5.75 Å². The SMILES string of the molecule is C[I-]c1c(C)c(-c2ccc(OCc3c(C)cccc3N=C=O)c(C)c2)nn1C. The van der Waals surface area contributed by atoms with Crippen LogP contribution in [0, 0.1) is 24.5 Å². The third-order valence-corrected chi connectivity index (χ3v) is 7.28. The molecule has 0 amide bonds. The first-order valence-corrected chi connectivity index (χ1v) is 12.1. The van der Waals surface area contributed by atoms with Crippen molar-refractivity contribution in [3.8, 4) is 17.0 Å². The van der Waals surface area contributed by atoms with E-state index in [1.165, 1.54) is 9.26 Å².